The van der Waals surface area contributed by atoms with Crippen LogP contribution >= 0.6 is 11.8 Å². The van der Waals surface area contributed by atoms with Gasteiger partial charge in [0.2, 0.25) is 0 Å². The molecule has 0 aliphatic carbocycles. The summed E-state index contributed by atoms with van der Waals surface area (Å²) in [4.78, 5) is 0. The van der Waals surface area contributed by atoms with Gasteiger partial charge in [0.15, 0.2) is 0 Å². The molecule has 78 valence electrons. The van der Waals surface area contributed by atoms with Crippen molar-refractivity contribution in [3.8, 4) is 0 Å². The molecule has 1 N–H and O–H groups in total. The fourth-order valence-electron chi connectivity index (χ4n) is 1.18. The van der Waals surface area contributed by atoms with Gasteiger partial charge in [0, 0.05) is 30.7 Å². The fraction of sp³-hybridized carbons (Fsp3) is 1.00. The van der Waals surface area contributed by atoms with Crippen molar-refractivity contribution in [3.63, 3.8) is 0 Å². The van der Waals surface area contributed by atoms with E-state index in [1.54, 1.807) is 7.11 Å². The first-order chi connectivity index (χ1) is 6.33. The molecule has 0 amide bonds. The summed E-state index contributed by atoms with van der Waals surface area (Å²) in [5.74, 6) is 2.50. The van der Waals surface area contributed by atoms with Gasteiger partial charge in [-0.3, -0.25) is 0 Å². The molecular weight excluding hydrogens is 186 g/mol. The maximum absolute atomic E-state index is 5.41. The van der Waals surface area contributed by atoms with Gasteiger partial charge in [-0.2, -0.15) is 11.8 Å². The van der Waals surface area contributed by atoms with Gasteiger partial charge in [-0.15, -0.1) is 0 Å². The van der Waals surface area contributed by atoms with Crippen LogP contribution in [0.25, 0.3) is 0 Å². The van der Waals surface area contributed by atoms with Gasteiger partial charge in [0.25, 0.3) is 0 Å². The van der Waals surface area contributed by atoms with Crippen LogP contribution in [0.4, 0.5) is 0 Å². The fourth-order valence-corrected chi connectivity index (χ4v) is 1.85. The van der Waals surface area contributed by atoms with E-state index in [0.717, 1.165) is 6.61 Å². The van der Waals surface area contributed by atoms with Crippen LogP contribution in [-0.2, 0) is 9.47 Å². The predicted molar refractivity (Wildman–Crippen MR) is 56.4 cm³/mol. The zero-order valence-electron chi connectivity index (χ0n) is 8.41. The lowest BCUT2D eigenvalue weighted by atomic mass is 10.3. The number of methoxy groups -OCH3 is 1. The molecule has 3 nitrogen and oxygen atoms in total. The molecule has 1 rings (SSSR count). The van der Waals surface area contributed by atoms with Gasteiger partial charge >= 0.3 is 0 Å². The van der Waals surface area contributed by atoms with E-state index in [1.165, 1.54) is 11.5 Å². The summed E-state index contributed by atoms with van der Waals surface area (Å²) in [5, 5.41) is 3.51. The number of thioether (sulfide) groups is 1. The number of ether oxygens (including phenoxy) is 2. The van der Waals surface area contributed by atoms with Crippen LogP contribution in [0.5, 0.6) is 0 Å². The summed E-state index contributed by atoms with van der Waals surface area (Å²) in [5.41, 5.74) is 0. The highest BCUT2D eigenvalue weighted by molar-refractivity contribution is 8.00. The van der Waals surface area contributed by atoms with E-state index in [0.29, 0.717) is 25.3 Å². The Morgan fingerprint density at radius 1 is 1.46 bits per heavy atom. The molecule has 13 heavy (non-hydrogen) atoms. The van der Waals surface area contributed by atoms with Gasteiger partial charge in [-0.05, 0) is 6.92 Å². The zero-order valence-corrected chi connectivity index (χ0v) is 9.23. The maximum Gasteiger partial charge on any atom is 0.0701 e. The third-order valence-electron chi connectivity index (χ3n) is 1.96. The Morgan fingerprint density at radius 2 is 2.23 bits per heavy atom. The Morgan fingerprint density at radius 3 is 2.77 bits per heavy atom. The minimum Gasteiger partial charge on any atom is -0.382 e. The normalized spacial score (nSPS) is 19.8. The first-order valence-corrected chi connectivity index (χ1v) is 5.89. The highest BCUT2D eigenvalue weighted by Crippen LogP contribution is 2.17. The second-order valence-corrected chi connectivity index (χ2v) is 4.44. The molecule has 1 saturated heterocycles. The van der Waals surface area contributed by atoms with Gasteiger partial charge in [0.05, 0.1) is 19.8 Å². The third kappa shape index (κ3) is 4.86. The van der Waals surface area contributed by atoms with Crippen LogP contribution in [0.1, 0.15) is 6.92 Å². The topological polar surface area (TPSA) is 30.5 Å². The first-order valence-electron chi connectivity index (χ1n) is 4.73. The number of hydrogen-bond donors (Lipinski definition) is 1. The van der Waals surface area contributed by atoms with Crippen molar-refractivity contribution >= 4 is 11.8 Å². The Kier molecular flexibility index (Phi) is 5.78. The molecule has 0 aromatic heterocycles. The molecular formula is C9H19NO2S. The van der Waals surface area contributed by atoms with Crippen molar-refractivity contribution in [2.24, 2.45) is 0 Å². The summed E-state index contributed by atoms with van der Waals surface area (Å²) >= 11 is 2.00. The third-order valence-corrected chi connectivity index (χ3v) is 3.23. The number of hydrogen-bond acceptors (Lipinski definition) is 4. The minimum absolute atomic E-state index is 0.461. The standard InChI is InChI=1S/C9H19NO2S/c1-8(5-12-4-3-11-2)10-9-6-13-7-9/h8-10H,3-7H2,1-2H3. The second-order valence-electron chi connectivity index (χ2n) is 3.37. The van der Waals surface area contributed by atoms with Gasteiger partial charge in [-0.1, -0.05) is 0 Å². The molecule has 0 radical (unpaired) electrons. The molecule has 1 heterocycles. The van der Waals surface area contributed by atoms with Crippen LogP contribution in [0, 0.1) is 0 Å². The maximum atomic E-state index is 5.41. The van der Waals surface area contributed by atoms with Crippen molar-refractivity contribution in [3.05, 3.63) is 0 Å². The lowest BCUT2D eigenvalue weighted by molar-refractivity contribution is 0.0600. The lowest BCUT2D eigenvalue weighted by Crippen LogP contribution is -2.46. The predicted octanol–water partition coefficient (Wildman–Crippen LogP) is 0.743. The van der Waals surface area contributed by atoms with Crippen LogP contribution in [-0.4, -0.2) is 50.5 Å². The van der Waals surface area contributed by atoms with Crippen LogP contribution in [0.3, 0.4) is 0 Å². The van der Waals surface area contributed by atoms with Crippen molar-refractivity contribution in [2.45, 2.75) is 19.0 Å². The van der Waals surface area contributed by atoms with E-state index in [-0.39, 0.29) is 0 Å². The van der Waals surface area contributed by atoms with E-state index in [4.69, 9.17) is 9.47 Å². The molecule has 1 aliphatic rings. The summed E-state index contributed by atoms with van der Waals surface area (Å²) in [6.45, 7) is 4.33. The largest absolute Gasteiger partial charge is 0.382 e. The number of rotatable bonds is 7. The van der Waals surface area contributed by atoms with E-state index in [2.05, 4.69) is 12.2 Å². The summed E-state index contributed by atoms with van der Waals surface area (Å²) < 4.78 is 10.3. The van der Waals surface area contributed by atoms with E-state index in [9.17, 15) is 0 Å². The summed E-state index contributed by atoms with van der Waals surface area (Å²) in [6.07, 6.45) is 0. The molecule has 1 unspecified atom stereocenters. The SMILES string of the molecule is COCCOCC(C)NC1CSC1. The monoisotopic (exact) mass is 205 g/mol. The second kappa shape index (κ2) is 6.65. The molecule has 1 atom stereocenters. The summed E-state index contributed by atoms with van der Waals surface area (Å²) in [6, 6.07) is 1.17. The molecule has 0 aromatic carbocycles. The van der Waals surface area contributed by atoms with Gasteiger partial charge < -0.3 is 14.8 Å². The van der Waals surface area contributed by atoms with Crippen LogP contribution < -0.4 is 5.32 Å². The van der Waals surface area contributed by atoms with Crippen LogP contribution in [0.15, 0.2) is 0 Å². The van der Waals surface area contributed by atoms with Crippen molar-refractivity contribution in [2.75, 3.05) is 38.4 Å². The Balaban J connectivity index is 1.87. The van der Waals surface area contributed by atoms with E-state index in [1.807, 2.05) is 11.8 Å². The lowest BCUT2D eigenvalue weighted by Gasteiger charge is -2.29. The van der Waals surface area contributed by atoms with Crippen molar-refractivity contribution in [1.82, 2.24) is 5.32 Å². The highest BCUT2D eigenvalue weighted by Gasteiger charge is 2.19. The van der Waals surface area contributed by atoms with Crippen molar-refractivity contribution in [1.29, 1.82) is 0 Å². The molecule has 0 aromatic rings. The first kappa shape index (κ1) is 11.3. The number of nitrogens with one attached hydrogen (secondary N) is 1. The van der Waals surface area contributed by atoms with Crippen LogP contribution in [0.2, 0.25) is 0 Å². The minimum atomic E-state index is 0.461. The smallest absolute Gasteiger partial charge is 0.0701 e. The van der Waals surface area contributed by atoms with Gasteiger partial charge in [-0.25, -0.2) is 0 Å². The summed E-state index contributed by atoms with van der Waals surface area (Å²) in [7, 11) is 1.69. The van der Waals surface area contributed by atoms with Crippen molar-refractivity contribution < 1.29 is 9.47 Å². The van der Waals surface area contributed by atoms with Gasteiger partial charge in [0.1, 0.15) is 0 Å². The molecule has 0 saturated carbocycles. The molecule has 1 aliphatic heterocycles. The van der Waals surface area contributed by atoms with E-state index < -0.39 is 0 Å². The molecule has 4 heteroatoms. The Bertz CT molecular complexity index is 131. The Hall–Kier alpha value is 0.230. The zero-order chi connectivity index (χ0) is 9.52. The van der Waals surface area contributed by atoms with E-state index >= 15 is 0 Å². The highest BCUT2D eigenvalue weighted by atomic mass is 32.2. The average Bonchev–Trinajstić information content (AvgIpc) is 2.06. The molecule has 0 bridgehead atoms. The molecule has 1 fully saturated rings. The quantitative estimate of drug-likeness (QED) is 0.621. The Labute approximate surface area is 84.6 Å². The average molecular weight is 205 g/mol. The molecule has 0 spiro atoms.